The summed E-state index contributed by atoms with van der Waals surface area (Å²) in [4.78, 5) is 22.7. The van der Waals surface area contributed by atoms with Crippen molar-refractivity contribution in [1.29, 1.82) is 0 Å². The van der Waals surface area contributed by atoms with Gasteiger partial charge in [-0.1, -0.05) is 54.6 Å². The second-order valence-corrected chi connectivity index (χ2v) is 6.03. The van der Waals surface area contributed by atoms with Crippen LogP contribution in [0, 0.1) is 0 Å². The summed E-state index contributed by atoms with van der Waals surface area (Å²) < 4.78 is 0. The van der Waals surface area contributed by atoms with E-state index in [1.807, 2.05) is 72.1 Å². The van der Waals surface area contributed by atoms with Gasteiger partial charge in [0, 0.05) is 10.9 Å². The molecule has 0 saturated carbocycles. The van der Waals surface area contributed by atoms with Crippen LogP contribution in [0.2, 0.25) is 0 Å². The number of hydrogen-bond acceptors (Lipinski definition) is 4. The summed E-state index contributed by atoms with van der Waals surface area (Å²) in [5, 5.41) is 2.68. The number of carbonyl (C=O) groups is 1. The van der Waals surface area contributed by atoms with Gasteiger partial charge in [-0.05, 0) is 17.5 Å². The van der Waals surface area contributed by atoms with E-state index in [1.165, 1.54) is 11.3 Å². The lowest BCUT2D eigenvalue weighted by molar-refractivity contribution is 0.103. The minimum atomic E-state index is -0.0595. The molecule has 0 saturated heterocycles. The Labute approximate surface area is 137 Å². The van der Waals surface area contributed by atoms with Crippen molar-refractivity contribution in [1.82, 2.24) is 9.97 Å². The van der Waals surface area contributed by atoms with Crippen molar-refractivity contribution in [3.63, 3.8) is 0 Å². The average Bonchev–Trinajstić information content (AvgIpc) is 3.15. The van der Waals surface area contributed by atoms with Crippen LogP contribution in [-0.4, -0.2) is 15.8 Å². The third-order valence-corrected chi connectivity index (χ3v) is 4.46. The fourth-order valence-electron chi connectivity index (χ4n) is 2.49. The van der Waals surface area contributed by atoms with Gasteiger partial charge in [0.1, 0.15) is 5.69 Å². The Morgan fingerprint density at radius 2 is 1.61 bits per heavy atom. The first-order chi connectivity index (χ1) is 11.3. The molecule has 2 heterocycles. The van der Waals surface area contributed by atoms with Crippen LogP contribution < -0.4 is 0 Å². The SMILES string of the molecule is O=C(c1cccs1)c1nc(-c2ccccc2)nc2ccccc12. The Morgan fingerprint density at radius 1 is 0.826 bits per heavy atom. The molecule has 4 aromatic rings. The summed E-state index contributed by atoms with van der Waals surface area (Å²) in [7, 11) is 0. The molecule has 0 radical (unpaired) electrons. The number of para-hydroxylation sites is 1. The van der Waals surface area contributed by atoms with E-state index < -0.39 is 0 Å². The van der Waals surface area contributed by atoms with Gasteiger partial charge in [-0.3, -0.25) is 4.79 Å². The van der Waals surface area contributed by atoms with Crippen LogP contribution >= 0.6 is 11.3 Å². The Morgan fingerprint density at radius 3 is 2.39 bits per heavy atom. The van der Waals surface area contributed by atoms with Crippen LogP contribution in [0.5, 0.6) is 0 Å². The fraction of sp³-hybridized carbons (Fsp3) is 0. The molecule has 0 bridgehead atoms. The maximum absolute atomic E-state index is 12.8. The minimum Gasteiger partial charge on any atom is -0.286 e. The van der Waals surface area contributed by atoms with Crippen LogP contribution in [0.1, 0.15) is 15.4 Å². The number of hydrogen-bond donors (Lipinski definition) is 0. The molecule has 0 atom stereocenters. The molecule has 0 aliphatic rings. The van der Waals surface area contributed by atoms with Crippen molar-refractivity contribution in [2.45, 2.75) is 0 Å². The number of thiophene rings is 1. The molecule has 110 valence electrons. The number of nitrogens with zero attached hydrogens (tertiary/aromatic N) is 2. The molecule has 2 aromatic heterocycles. The second-order valence-electron chi connectivity index (χ2n) is 5.09. The highest BCUT2D eigenvalue weighted by atomic mass is 32.1. The van der Waals surface area contributed by atoms with E-state index in [2.05, 4.69) is 9.97 Å². The predicted octanol–water partition coefficient (Wildman–Crippen LogP) is 4.59. The minimum absolute atomic E-state index is 0.0595. The van der Waals surface area contributed by atoms with Gasteiger partial charge in [-0.2, -0.15) is 0 Å². The van der Waals surface area contributed by atoms with Gasteiger partial charge < -0.3 is 0 Å². The molecule has 3 nitrogen and oxygen atoms in total. The van der Waals surface area contributed by atoms with Crippen molar-refractivity contribution in [3.8, 4) is 11.4 Å². The Balaban J connectivity index is 1.96. The van der Waals surface area contributed by atoms with E-state index in [-0.39, 0.29) is 5.78 Å². The van der Waals surface area contributed by atoms with Gasteiger partial charge in [0.15, 0.2) is 5.82 Å². The van der Waals surface area contributed by atoms with Gasteiger partial charge in [0.05, 0.1) is 10.4 Å². The van der Waals surface area contributed by atoms with Gasteiger partial charge in [0.2, 0.25) is 5.78 Å². The molecule has 2 aromatic carbocycles. The molecule has 23 heavy (non-hydrogen) atoms. The van der Waals surface area contributed by atoms with Gasteiger partial charge in [0.25, 0.3) is 0 Å². The first-order valence-electron chi connectivity index (χ1n) is 7.23. The number of carbonyl (C=O) groups excluding carboxylic acids is 1. The third-order valence-electron chi connectivity index (χ3n) is 3.60. The maximum Gasteiger partial charge on any atom is 0.222 e. The van der Waals surface area contributed by atoms with E-state index in [1.54, 1.807) is 0 Å². The van der Waals surface area contributed by atoms with Crippen molar-refractivity contribution in [2.75, 3.05) is 0 Å². The summed E-state index contributed by atoms with van der Waals surface area (Å²) >= 11 is 1.43. The lowest BCUT2D eigenvalue weighted by Gasteiger charge is -2.07. The number of fused-ring (bicyclic) bond motifs is 1. The zero-order chi connectivity index (χ0) is 15.6. The average molecular weight is 316 g/mol. The summed E-state index contributed by atoms with van der Waals surface area (Å²) in [5.41, 5.74) is 2.14. The van der Waals surface area contributed by atoms with Crippen LogP contribution in [0.15, 0.2) is 72.1 Å². The summed E-state index contributed by atoms with van der Waals surface area (Å²) in [6, 6.07) is 21.0. The lowest BCUT2D eigenvalue weighted by atomic mass is 10.1. The van der Waals surface area contributed by atoms with Gasteiger partial charge >= 0.3 is 0 Å². The number of rotatable bonds is 3. The van der Waals surface area contributed by atoms with Crippen LogP contribution in [0.25, 0.3) is 22.3 Å². The first kappa shape index (κ1) is 13.8. The molecule has 4 rings (SSSR count). The fourth-order valence-corrected chi connectivity index (χ4v) is 3.16. The quantitative estimate of drug-likeness (QED) is 0.519. The topological polar surface area (TPSA) is 42.9 Å². The zero-order valence-electron chi connectivity index (χ0n) is 12.1. The van der Waals surface area contributed by atoms with E-state index in [0.717, 1.165) is 16.5 Å². The molecule has 0 aliphatic carbocycles. The monoisotopic (exact) mass is 316 g/mol. The molecule has 0 fully saturated rings. The molecule has 0 amide bonds. The highest BCUT2D eigenvalue weighted by Crippen LogP contribution is 2.24. The van der Waals surface area contributed by atoms with Crippen LogP contribution in [-0.2, 0) is 0 Å². The van der Waals surface area contributed by atoms with Crippen molar-refractivity contribution < 1.29 is 4.79 Å². The van der Waals surface area contributed by atoms with E-state index >= 15 is 0 Å². The summed E-state index contributed by atoms with van der Waals surface area (Å²) in [6.07, 6.45) is 0. The Hall–Kier alpha value is -2.85. The number of benzene rings is 2. The molecular weight excluding hydrogens is 304 g/mol. The van der Waals surface area contributed by atoms with Gasteiger partial charge in [-0.25, -0.2) is 9.97 Å². The maximum atomic E-state index is 12.8. The largest absolute Gasteiger partial charge is 0.286 e. The molecule has 0 unspecified atom stereocenters. The predicted molar refractivity (Wildman–Crippen MR) is 92.7 cm³/mol. The van der Waals surface area contributed by atoms with Gasteiger partial charge in [-0.15, -0.1) is 11.3 Å². The van der Waals surface area contributed by atoms with Crippen LogP contribution in [0.4, 0.5) is 0 Å². The van der Waals surface area contributed by atoms with E-state index in [0.29, 0.717) is 16.4 Å². The Bertz CT molecular complexity index is 979. The zero-order valence-corrected chi connectivity index (χ0v) is 13.0. The van der Waals surface area contributed by atoms with Crippen molar-refractivity contribution in [3.05, 3.63) is 82.7 Å². The van der Waals surface area contributed by atoms with E-state index in [4.69, 9.17) is 0 Å². The molecule has 0 aliphatic heterocycles. The highest BCUT2D eigenvalue weighted by Gasteiger charge is 2.17. The Kier molecular flexibility index (Phi) is 3.44. The first-order valence-corrected chi connectivity index (χ1v) is 8.11. The normalized spacial score (nSPS) is 10.8. The number of aromatic nitrogens is 2. The molecule has 0 spiro atoms. The number of ketones is 1. The van der Waals surface area contributed by atoms with Crippen molar-refractivity contribution in [2.24, 2.45) is 0 Å². The lowest BCUT2D eigenvalue weighted by Crippen LogP contribution is -2.06. The second kappa shape index (κ2) is 5.74. The van der Waals surface area contributed by atoms with Crippen LogP contribution in [0.3, 0.4) is 0 Å². The summed E-state index contributed by atoms with van der Waals surface area (Å²) in [6.45, 7) is 0. The highest BCUT2D eigenvalue weighted by molar-refractivity contribution is 7.12. The van der Waals surface area contributed by atoms with Crippen molar-refractivity contribution >= 4 is 28.0 Å². The molecule has 4 heteroatoms. The third kappa shape index (κ3) is 2.53. The standard InChI is InChI=1S/C19H12N2OS/c22-18(16-11-6-12-23-16)17-14-9-4-5-10-15(14)20-19(21-17)13-7-2-1-3-8-13/h1-12H. The van der Waals surface area contributed by atoms with E-state index in [9.17, 15) is 4.79 Å². The smallest absolute Gasteiger partial charge is 0.222 e. The summed E-state index contributed by atoms with van der Waals surface area (Å²) in [5.74, 6) is 0.514. The molecular formula is C19H12N2OS. The molecule has 0 N–H and O–H groups in total.